The van der Waals surface area contributed by atoms with Crippen molar-refractivity contribution >= 4 is 108 Å². The maximum absolute atomic E-state index is 6.01. The standard InChI is InChI=1S/C54H36N2O2/c1-57-42-29-46-37-21-13-33(14-22-37)9-11-35-17-25-39(26-18-35)48-31-43(58-2)32-49-40-27-19-36(20-28-40)12-10-34-15-23-38(24-16-34)47(30-42)51(46)55-53-44-7-3-5-41-6-4-8-45(50(41)44)54(53)56-52(48)49/h3-32H,1-2H3. The van der Waals surface area contributed by atoms with E-state index in [1.165, 1.54) is 0 Å². The van der Waals surface area contributed by atoms with Crippen LogP contribution in [0.4, 0.5) is 0 Å². The van der Waals surface area contributed by atoms with Gasteiger partial charge < -0.3 is 9.47 Å². The molecule has 274 valence electrons. The molecule has 0 radical (unpaired) electrons. The molecule has 9 aromatic carbocycles. The Hall–Kier alpha value is -7.56. The number of aromatic nitrogens is 2. The van der Waals surface area contributed by atoms with Gasteiger partial charge in [0.2, 0.25) is 0 Å². The lowest BCUT2D eigenvalue weighted by Crippen LogP contribution is -1.87. The molecule has 0 saturated carbocycles. The molecule has 15 rings (SSSR count). The van der Waals surface area contributed by atoms with E-state index < -0.39 is 0 Å². The Morgan fingerprint density at radius 1 is 0.293 bits per heavy atom. The summed E-state index contributed by atoms with van der Waals surface area (Å²) in [5, 5.41) is 16.9. The Kier molecular flexibility index (Phi) is 7.90. The molecule has 4 nitrogen and oxygen atoms in total. The first-order chi connectivity index (χ1) is 28.6. The molecule has 10 bridgehead atoms. The van der Waals surface area contributed by atoms with Gasteiger partial charge in [0.05, 0.1) is 36.3 Å². The van der Waals surface area contributed by atoms with E-state index >= 15 is 0 Å². The molecule has 0 spiro atoms. The van der Waals surface area contributed by atoms with E-state index in [0.29, 0.717) is 0 Å². The Labute approximate surface area is 334 Å². The smallest absolute Gasteiger partial charge is 0.120 e. The van der Waals surface area contributed by atoms with Crippen molar-refractivity contribution in [3.8, 4) is 11.5 Å². The monoisotopic (exact) mass is 744 g/mol. The summed E-state index contributed by atoms with van der Waals surface area (Å²) in [6.45, 7) is 0. The molecular formula is C54H36N2O2. The van der Waals surface area contributed by atoms with Crippen molar-refractivity contribution in [2.75, 3.05) is 14.2 Å². The second kappa shape index (κ2) is 13.6. The Morgan fingerprint density at radius 2 is 0.586 bits per heavy atom. The van der Waals surface area contributed by atoms with Gasteiger partial charge in [0.25, 0.3) is 0 Å². The van der Waals surface area contributed by atoms with Crippen molar-refractivity contribution in [3.63, 3.8) is 0 Å². The number of rotatable bonds is 2. The Bertz CT molecular complexity index is 3180. The molecule has 0 N–H and O–H groups in total. The maximum Gasteiger partial charge on any atom is 0.120 e. The zero-order valence-corrected chi connectivity index (χ0v) is 32.0. The van der Waals surface area contributed by atoms with Gasteiger partial charge in [-0.2, -0.15) is 0 Å². The topological polar surface area (TPSA) is 44.2 Å². The van der Waals surface area contributed by atoms with Crippen molar-refractivity contribution in [3.05, 3.63) is 182 Å². The quantitative estimate of drug-likeness (QED) is 0.177. The largest absolute Gasteiger partial charge is 0.497 e. The number of ether oxygens (including phenoxy) is 2. The summed E-state index contributed by atoms with van der Waals surface area (Å²) in [6, 6.07) is 64.8. The van der Waals surface area contributed by atoms with Crippen molar-refractivity contribution in [1.82, 2.24) is 9.97 Å². The summed E-state index contributed by atoms with van der Waals surface area (Å²) < 4.78 is 12.0. The number of hydrogen-bond acceptors (Lipinski definition) is 4. The van der Waals surface area contributed by atoms with E-state index in [-0.39, 0.29) is 0 Å². The third-order valence-electron chi connectivity index (χ3n) is 11.5. The fourth-order valence-corrected chi connectivity index (χ4v) is 8.49. The van der Waals surface area contributed by atoms with Gasteiger partial charge in [-0.3, -0.25) is 0 Å². The molecule has 6 aromatic heterocycles. The molecule has 15 aromatic rings. The maximum atomic E-state index is 6.01. The van der Waals surface area contributed by atoms with Crippen LogP contribution in [-0.2, 0) is 0 Å². The van der Waals surface area contributed by atoms with E-state index in [1.54, 1.807) is 14.2 Å². The van der Waals surface area contributed by atoms with E-state index in [1.807, 2.05) is 0 Å². The highest BCUT2D eigenvalue weighted by molar-refractivity contribution is 6.29. The molecule has 0 aliphatic rings. The summed E-state index contributed by atoms with van der Waals surface area (Å²) >= 11 is 0. The molecule has 4 heteroatoms. The van der Waals surface area contributed by atoms with E-state index in [2.05, 4.69) is 182 Å². The third-order valence-corrected chi connectivity index (χ3v) is 11.5. The average molecular weight is 745 g/mol. The number of fused-ring (bicyclic) bond motifs is 4. The SMILES string of the molecule is COc1cc2c3ccc(ccc4ccc(cc4)c4cc(OC)cc5c6ccc(ccc7ccc(cc7)c(c1)c2nc1c2cccc7cccc(c1nc45)c72)cc6)cc3. The lowest BCUT2D eigenvalue weighted by Gasteiger charge is -2.07. The summed E-state index contributed by atoms with van der Waals surface area (Å²) in [7, 11) is 3.46. The number of nitrogens with zero attached hydrogens (tertiary/aromatic N) is 2. The molecule has 0 unspecified atom stereocenters. The van der Waals surface area contributed by atoms with Crippen molar-refractivity contribution in [2.24, 2.45) is 0 Å². The van der Waals surface area contributed by atoms with Crippen LogP contribution >= 0.6 is 0 Å². The summed E-state index contributed by atoms with van der Waals surface area (Å²) in [4.78, 5) is 11.6. The molecule has 0 aliphatic heterocycles. The Balaban J connectivity index is 1.52. The van der Waals surface area contributed by atoms with Gasteiger partial charge in [0, 0.05) is 37.7 Å². The molecule has 0 fully saturated rings. The zero-order valence-electron chi connectivity index (χ0n) is 32.0. The molecule has 0 atom stereocenters. The van der Waals surface area contributed by atoms with Crippen LogP contribution in [-0.4, -0.2) is 24.2 Å². The highest BCUT2D eigenvalue weighted by Crippen LogP contribution is 2.39. The normalized spacial score (nSPS) is 11.6. The second-order valence-electron chi connectivity index (χ2n) is 14.9. The summed E-state index contributed by atoms with van der Waals surface area (Å²) in [6.07, 6.45) is 0. The summed E-state index contributed by atoms with van der Waals surface area (Å²) in [5.74, 6) is 1.52. The molecular weight excluding hydrogens is 709 g/mol. The Morgan fingerprint density at radius 3 is 0.879 bits per heavy atom. The number of methoxy groups -OCH3 is 2. The predicted octanol–water partition coefficient (Wildman–Crippen LogP) is 14.3. The molecule has 0 aliphatic carbocycles. The minimum Gasteiger partial charge on any atom is -0.497 e. The average Bonchev–Trinajstić information content (AvgIpc) is 3.57. The highest BCUT2D eigenvalue weighted by atomic mass is 16.5. The first-order valence-corrected chi connectivity index (χ1v) is 19.5. The highest BCUT2D eigenvalue weighted by Gasteiger charge is 2.15. The lowest BCUT2D eigenvalue weighted by atomic mass is 10.0. The van der Waals surface area contributed by atoms with Gasteiger partial charge in [-0.05, 0) is 72.7 Å². The third kappa shape index (κ3) is 5.69. The van der Waals surface area contributed by atoms with Crippen molar-refractivity contribution < 1.29 is 9.47 Å². The van der Waals surface area contributed by atoms with Gasteiger partial charge >= 0.3 is 0 Å². The fourth-order valence-electron chi connectivity index (χ4n) is 8.49. The number of benzene rings is 8. The van der Waals surface area contributed by atoms with Gasteiger partial charge in [-0.1, -0.05) is 158 Å². The first-order valence-electron chi connectivity index (χ1n) is 19.5. The van der Waals surface area contributed by atoms with Crippen LogP contribution in [0.5, 0.6) is 11.5 Å². The van der Waals surface area contributed by atoms with Crippen LogP contribution in [0.1, 0.15) is 0 Å². The minimum absolute atomic E-state index is 0.760. The van der Waals surface area contributed by atoms with Crippen LogP contribution in [0.15, 0.2) is 182 Å². The zero-order chi connectivity index (χ0) is 38.7. The minimum atomic E-state index is 0.760. The predicted molar refractivity (Wildman–Crippen MR) is 245 cm³/mol. The van der Waals surface area contributed by atoms with Crippen LogP contribution in [0.25, 0.3) is 108 Å². The molecule has 0 saturated heterocycles. The van der Waals surface area contributed by atoms with Crippen molar-refractivity contribution in [2.45, 2.75) is 0 Å². The van der Waals surface area contributed by atoms with E-state index in [0.717, 1.165) is 120 Å². The lowest BCUT2D eigenvalue weighted by molar-refractivity contribution is 0.416. The van der Waals surface area contributed by atoms with Crippen LogP contribution < -0.4 is 9.47 Å². The van der Waals surface area contributed by atoms with E-state index in [4.69, 9.17) is 19.4 Å². The van der Waals surface area contributed by atoms with Crippen LogP contribution in [0.2, 0.25) is 0 Å². The van der Waals surface area contributed by atoms with Gasteiger partial charge in [-0.15, -0.1) is 0 Å². The van der Waals surface area contributed by atoms with Gasteiger partial charge in [0.1, 0.15) is 11.5 Å². The fraction of sp³-hybridized carbons (Fsp3) is 0.0370. The first kappa shape index (κ1) is 33.8. The van der Waals surface area contributed by atoms with Gasteiger partial charge in [0.15, 0.2) is 0 Å². The van der Waals surface area contributed by atoms with Crippen molar-refractivity contribution in [1.29, 1.82) is 0 Å². The summed E-state index contributed by atoms with van der Waals surface area (Å²) in [5.41, 5.74) is 3.34. The number of hydrogen-bond donors (Lipinski definition) is 0. The second-order valence-corrected chi connectivity index (χ2v) is 14.9. The van der Waals surface area contributed by atoms with E-state index in [9.17, 15) is 0 Å². The molecule has 6 heterocycles. The van der Waals surface area contributed by atoms with Crippen LogP contribution in [0.3, 0.4) is 0 Å². The molecule has 0 amide bonds. The molecule has 58 heavy (non-hydrogen) atoms. The van der Waals surface area contributed by atoms with Gasteiger partial charge in [-0.25, -0.2) is 9.97 Å². The van der Waals surface area contributed by atoms with Crippen LogP contribution in [0, 0.1) is 0 Å².